The summed E-state index contributed by atoms with van der Waals surface area (Å²) < 4.78 is 10.7. The van der Waals surface area contributed by atoms with Crippen molar-refractivity contribution in [2.75, 3.05) is 0 Å². The molecule has 20 heavy (non-hydrogen) atoms. The molecule has 104 valence electrons. The second-order valence-electron chi connectivity index (χ2n) is 5.08. The molecule has 1 atom stereocenters. The molecule has 3 rings (SSSR count). The van der Waals surface area contributed by atoms with Gasteiger partial charge in [-0.15, -0.1) is 0 Å². The number of hydrogen-bond acceptors (Lipinski definition) is 4. The third-order valence-corrected chi connectivity index (χ3v) is 3.80. The summed E-state index contributed by atoms with van der Waals surface area (Å²) in [6.07, 6.45) is 0.485. The van der Waals surface area contributed by atoms with E-state index in [0.29, 0.717) is 28.5 Å². The van der Waals surface area contributed by atoms with E-state index in [1.165, 1.54) is 0 Å². The van der Waals surface area contributed by atoms with E-state index in [1.807, 2.05) is 13.8 Å². The molecule has 0 amide bonds. The Kier molecular flexibility index (Phi) is 3.26. The maximum absolute atomic E-state index is 12.1. The molecule has 1 aromatic carbocycles. The Labute approximate surface area is 121 Å². The second kappa shape index (κ2) is 4.94. The molecule has 0 N–H and O–H groups in total. The SMILES string of the molecule is Cc1cc(COc2ccc(Cl)c3c2C(=O)C[C@@H]3C)no1. The fraction of sp³-hybridized carbons (Fsp3) is 0.333. The lowest BCUT2D eigenvalue weighted by molar-refractivity contribution is 0.0986. The summed E-state index contributed by atoms with van der Waals surface area (Å²) in [6, 6.07) is 5.32. The van der Waals surface area contributed by atoms with Gasteiger partial charge in [0.1, 0.15) is 23.8 Å². The second-order valence-corrected chi connectivity index (χ2v) is 5.49. The molecule has 0 aliphatic heterocycles. The zero-order valence-corrected chi connectivity index (χ0v) is 12.0. The van der Waals surface area contributed by atoms with Crippen LogP contribution in [0.25, 0.3) is 0 Å². The molecule has 0 saturated carbocycles. The molecule has 0 spiro atoms. The van der Waals surface area contributed by atoms with Gasteiger partial charge in [-0.1, -0.05) is 23.7 Å². The van der Waals surface area contributed by atoms with Crippen LogP contribution in [0.1, 0.15) is 46.6 Å². The molecule has 1 aliphatic rings. The molecule has 5 heteroatoms. The van der Waals surface area contributed by atoms with Crippen molar-refractivity contribution in [2.24, 2.45) is 0 Å². The van der Waals surface area contributed by atoms with Crippen molar-refractivity contribution in [2.45, 2.75) is 32.8 Å². The summed E-state index contributed by atoms with van der Waals surface area (Å²) in [6.45, 7) is 4.09. The van der Waals surface area contributed by atoms with Crippen molar-refractivity contribution in [3.8, 4) is 5.75 Å². The zero-order chi connectivity index (χ0) is 14.3. The van der Waals surface area contributed by atoms with Crippen LogP contribution in [0.4, 0.5) is 0 Å². The van der Waals surface area contributed by atoms with Gasteiger partial charge in [-0.05, 0) is 30.5 Å². The lowest BCUT2D eigenvalue weighted by atomic mass is 10.0. The maximum Gasteiger partial charge on any atom is 0.167 e. The van der Waals surface area contributed by atoms with Gasteiger partial charge >= 0.3 is 0 Å². The van der Waals surface area contributed by atoms with Crippen LogP contribution < -0.4 is 4.74 Å². The van der Waals surface area contributed by atoms with Gasteiger partial charge in [0.05, 0.1) is 5.56 Å². The predicted molar refractivity (Wildman–Crippen MR) is 74.4 cm³/mol. The van der Waals surface area contributed by atoms with Crippen molar-refractivity contribution in [3.63, 3.8) is 0 Å². The Morgan fingerprint density at radius 1 is 1.50 bits per heavy atom. The number of aryl methyl sites for hydroxylation is 1. The Bertz CT molecular complexity index is 678. The number of halogens is 1. The fourth-order valence-corrected chi connectivity index (χ4v) is 2.93. The molecule has 1 aliphatic carbocycles. The van der Waals surface area contributed by atoms with Crippen molar-refractivity contribution in [1.82, 2.24) is 5.16 Å². The molecule has 1 heterocycles. The topological polar surface area (TPSA) is 52.3 Å². The summed E-state index contributed by atoms with van der Waals surface area (Å²) in [5.41, 5.74) is 2.21. The number of Topliss-reactive ketones (excluding diaryl/α,β-unsaturated/α-hetero) is 1. The molecular weight excluding hydrogens is 278 g/mol. The van der Waals surface area contributed by atoms with E-state index >= 15 is 0 Å². The number of ketones is 1. The molecule has 0 radical (unpaired) electrons. The first kappa shape index (κ1) is 13.2. The van der Waals surface area contributed by atoms with E-state index < -0.39 is 0 Å². The third-order valence-electron chi connectivity index (χ3n) is 3.47. The van der Waals surface area contributed by atoms with Gasteiger partial charge in [0.2, 0.25) is 0 Å². The van der Waals surface area contributed by atoms with Crippen molar-refractivity contribution in [3.05, 3.63) is 45.8 Å². The maximum atomic E-state index is 12.1. The number of fused-ring (bicyclic) bond motifs is 1. The van der Waals surface area contributed by atoms with Gasteiger partial charge in [0.15, 0.2) is 5.78 Å². The van der Waals surface area contributed by atoms with Crippen LogP contribution in [0.2, 0.25) is 5.02 Å². The van der Waals surface area contributed by atoms with Crippen LogP contribution in [-0.2, 0) is 6.61 Å². The molecule has 0 saturated heterocycles. The number of nitrogens with zero attached hydrogens (tertiary/aromatic N) is 1. The number of carbonyl (C=O) groups excluding carboxylic acids is 1. The quantitative estimate of drug-likeness (QED) is 0.860. The highest BCUT2D eigenvalue weighted by molar-refractivity contribution is 6.32. The molecule has 0 unspecified atom stereocenters. The standard InChI is InChI=1S/C15H14ClNO3/c1-8-5-12(18)15-13(4-3-11(16)14(8)15)19-7-10-6-9(2)20-17-10/h3-4,6,8H,5,7H2,1-2H3/t8-/m0/s1. The largest absolute Gasteiger partial charge is 0.486 e. The Hall–Kier alpha value is -1.81. The number of ether oxygens (including phenoxy) is 1. The predicted octanol–water partition coefficient (Wildman–Crippen LogP) is 3.91. The van der Waals surface area contributed by atoms with Gasteiger partial charge in [-0.2, -0.15) is 0 Å². The minimum atomic E-state index is 0.0846. The van der Waals surface area contributed by atoms with Crippen LogP contribution in [0.5, 0.6) is 5.75 Å². The minimum Gasteiger partial charge on any atom is -0.486 e. The van der Waals surface area contributed by atoms with Crippen LogP contribution in [0, 0.1) is 6.92 Å². The highest BCUT2D eigenvalue weighted by atomic mass is 35.5. The van der Waals surface area contributed by atoms with E-state index in [-0.39, 0.29) is 18.3 Å². The first-order valence-electron chi connectivity index (χ1n) is 6.47. The fourth-order valence-electron chi connectivity index (χ4n) is 2.58. The lowest BCUT2D eigenvalue weighted by Crippen LogP contribution is -2.02. The molecular formula is C15H14ClNO3. The number of rotatable bonds is 3. The van der Waals surface area contributed by atoms with E-state index in [1.54, 1.807) is 18.2 Å². The monoisotopic (exact) mass is 291 g/mol. The smallest absolute Gasteiger partial charge is 0.167 e. The van der Waals surface area contributed by atoms with Crippen LogP contribution in [0.3, 0.4) is 0 Å². The Balaban J connectivity index is 1.89. The molecule has 4 nitrogen and oxygen atoms in total. The van der Waals surface area contributed by atoms with E-state index in [4.69, 9.17) is 20.9 Å². The van der Waals surface area contributed by atoms with E-state index in [2.05, 4.69) is 5.16 Å². The number of aromatic nitrogens is 1. The summed E-state index contributed by atoms with van der Waals surface area (Å²) in [5, 5.41) is 4.49. The summed E-state index contributed by atoms with van der Waals surface area (Å²) >= 11 is 6.19. The van der Waals surface area contributed by atoms with Crippen molar-refractivity contribution >= 4 is 17.4 Å². The molecule has 0 fully saturated rings. The molecule has 2 aromatic rings. The first-order valence-corrected chi connectivity index (χ1v) is 6.84. The summed E-state index contributed by atoms with van der Waals surface area (Å²) in [7, 11) is 0. The van der Waals surface area contributed by atoms with Gasteiger partial charge < -0.3 is 9.26 Å². The highest BCUT2D eigenvalue weighted by Crippen LogP contribution is 2.42. The van der Waals surface area contributed by atoms with Gasteiger partial charge in [-0.3, -0.25) is 4.79 Å². The van der Waals surface area contributed by atoms with E-state index in [0.717, 1.165) is 11.3 Å². The average Bonchev–Trinajstić information content (AvgIpc) is 2.94. The summed E-state index contributed by atoms with van der Waals surface area (Å²) in [4.78, 5) is 12.1. The Morgan fingerprint density at radius 2 is 2.30 bits per heavy atom. The van der Waals surface area contributed by atoms with Crippen LogP contribution in [0.15, 0.2) is 22.7 Å². The number of hydrogen-bond donors (Lipinski definition) is 0. The highest BCUT2D eigenvalue weighted by Gasteiger charge is 2.31. The number of benzene rings is 1. The van der Waals surface area contributed by atoms with Crippen LogP contribution in [-0.4, -0.2) is 10.9 Å². The number of carbonyl (C=O) groups is 1. The normalized spacial score (nSPS) is 17.4. The van der Waals surface area contributed by atoms with Crippen LogP contribution >= 0.6 is 11.6 Å². The van der Waals surface area contributed by atoms with Gasteiger partial charge in [0, 0.05) is 17.5 Å². The zero-order valence-electron chi connectivity index (χ0n) is 11.3. The molecule has 0 bridgehead atoms. The van der Waals surface area contributed by atoms with Crippen molar-refractivity contribution in [1.29, 1.82) is 0 Å². The van der Waals surface area contributed by atoms with Gasteiger partial charge in [0.25, 0.3) is 0 Å². The average molecular weight is 292 g/mol. The third kappa shape index (κ3) is 2.20. The Morgan fingerprint density at radius 3 is 3.00 bits per heavy atom. The first-order chi connectivity index (χ1) is 9.56. The minimum absolute atomic E-state index is 0.0846. The van der Waals surface area contributed by atoms with Gasteiger partial charge in [-0.25, -0.2) is 0 Å². The van der Waals surface area contributed by atoms with Crippen molar-refractivity contribution < 1.29 is 14.1 Å². The summed E-state index contributed by atoms with van der Waals surface area (Å²) in [5.74, 6) is 1.53. The lowest BCUT2D eigenvalue weighted by Gasteiger charge is -2.11. The molecule has 1 aromatic heterocycles. The van der Waals surface area contributed by atoms with E-state index in [9.17, 15) is 4.79 Å².